The standard InChI is InChI=1S/C13H17FO4/c1-3-4-12(13(16)17)18-11-6-5-9(8(2)15)7-10(11)14/h5-8,12,15H,3-4H2,1-2H3,(H,16,17)/t8-,12?/m0/s1. The van der Waals surface area contributed by atoms with Crippen LogP contribution < -0.4 is 4.74 Å². The molecule has 4 nitrogen and oxygen atoms in total. The van der Waals surface area contributed by atoms with Crippen molar-refractivity contribution in [3.63, 3.8) is 0 Å². The maximum atomic E-state index is 13.6. The summed E-state index contributed by atoms with van der Waals surface area (Å²) in [6.45, 7) is 3.35. The molecule has 100 valence electrons. The second-order valence-corrected chi connectivity index (χ2v) is 4.10. The molecule has 0 saturated carbocycles. The van der Waals surface area contributed by atoms with Crippen LogP contribution >= 0.6 is 0 Å². The zero-order chi connectivity index (χ0) is 13.7. The highest BCUT2D eigenvalue weighted by atomic mass is 19.1. The topological polar surface area (TPSA) is 66.8 Å². The third-order valence-corrected chi connectivity index (χ3v) is 2.53. The normalized spacial score (nSPS) is 14.0. The van der Waals surface area contributed by atoms with E-state index in [2.05, 4.69) is 0 Å². The second kappa shape index (κ2) is 6.35. The summed E-state index contributed by atoms with van der Waals surface area (Å²) < 4.78 is 18.8. The van der Waals surface area contributed by atoms with Gasteiger partial charge in [0.15, 0.2) is 17.7 Å². The SMILES string of the molecule is CCCC(Oc1ccc([C@H](C)O)cc1F)C(=O)O. The minimum absolute atomic E-state index is 0.111. The van der Waals surface area contributed by atoms with Crippen molar-refractivity contribution in [3.05, 3.63) is 29.6 Å². The van der Waals surface area contributed by atoms with Gasteiger partial charge in [-0.05, 0) is 31.0 Å². The number of aliphatic hydroxyl groups is 1. The number of hydrogen-bond donors (Lipinski definition) is 2. The largest absolute Gasteiger partial charge is 0.479 e. The Kier molecular flexibility index (Phi) is 5.09. The molecule has 0 aromatic heterocycles. The molecule has 1 aromatic carbocycles. The summed E-state index contributed by atoms with van der Waals surface area (Å²) in [6, 6.07) is 3.99. The predicted molar refractivity (Wildman–Crippen MR) is 64.0 cm³/mol. The molecular formula is C13H17FO4. The van der Waals surface area contributed by atoms with Gasteiger partial charge in [-0.1, -0.05) is 19.4 Å². The number of aliphatic carboxylic acids is 1. The fraction of sp³-hybridized carbons (Fsp3) is 0.462. The summed E-state index contributed by atoms with van der Waals surface area (Å²) in [5.41, 5.74) is 0.419. The Labute approximate surface area is 105 Å². The van der Waals surface area contributed by atoms with E-state index in [1.54, 1.807) is 0 Å². The summed E-state index contributed by atoms with van der Waals surface area (Å²) in [5.74, 6) is -1.90. The van der Waals surface area contributed by atoms with E-state index in [4.69, 9.17) is 9.84 Å². The molecular weight excluding hydrogens is 239 g/mol. The lowest BCUT2D eigenvalue weighted by molar-refractivity contribution is -0.145. The average molecular weight is 256 g/mol. The molecule has 5 heteroatoms. The van der Waals surface area contributed by atoms with E-state index >= 15 is 0 Å². The molecule has 0 bridgehead atoms. The molecule has 0 heterocycles. The van der Waals surface area contributed by atoms with Gasteiger partial charge in [-0.3, -0.25) is 0 Å². The van der Waals surface area contributed by atoms with Gasteiger partial charge in [0.05, 0.1) is 6.10 Å². The van der Waals surface area contributed by atoms with E-state index in [-0.39, 0.29) is 5.75 Å². The van der Waals surface area contributed by atoms with Crippen LogP contribution in [-0.2, 0) is 4.79 Å². The fourth-order valence-electron chi connectivity index (χ4n) is 1.52. The number of rotatable bonds is 6. The molecule has 0 aliphatic heterocycles. The Morgan fingerprint density at radius 1 is 1.50 bits per heavy atom. The van der Waals surface area contributed by atoms with Crippen molar-refractivity contribution < 1.29 is 24.1 Å². The molecule has 1 aromatic rings. The maximum absolute atomic E-state index is 13.6. The average Bonchev–Trinajstić information content (AvgIpc) is 2.30. The number of carboxylic acids is 1. The van der Waals surface area contributed by atoms with E-state index < -0.39 is 24.0 Å². The van der Waals surface area contributed by atoms with Crippen molar-refractivity contribution in [2.45, 2.75) is 38.9 Å². The molecule has 0 aliphatic rings. The van der Waals surface area contributed by atoms with Crippen LogP contribution in [0.25, 0.3) is 0 Å². The minimum Gasteiger partial charge on any atom is -0.479 e. The van der Waals surface area contributed by atoms with E-state index in [9.17, 15) is 14.3 Å². The smallest absolute Gasteiger partial charge is 0.344 e. The van der Waals surface area contributed by atoms with Gasteiger partial charge in [0, 0.05) is 0 Å². The zero-order valence-electron chi connectivity index (χ0n) is 10.4. The van der Waals surface area contributed by atoms with Crippen molar-refractivity contribution in [1.29, 1.82) is 0 Å². The van der Waals surface area contributed by atoms with E-state index in [1.807, 2.05) is 6.92 Å². The van der Waals surface area contributed by atoms with Crippen LogP contribution in [0.2, 0.25) is 0 Å². The summed E-state index contributed by atoms with van der Waals surface area (Å²) in [7, 11) is 0. The first kappa shape index (κ1) is 14.4. The van der Waals surface area contributed by atoms with Crippen molar-refractivity contribution in [2.75, 3.05) is 0 Å². The maximum Gasteiger partial charge on any atom is 0.344 e. The van der Waals surface area contributed by atoms with E-state index in [1.165, 1.54) is 19.1 Å². The van der Waals surface area contributed by atoms with Gasteiger partial charge in [-0.15, -0.1) is 0 Å². The summed E-state index contributed by atoms with van der Waals surface area (Å²) in [4.78, 5) is 10.9. The fourth-order valence-corrected chi connectivity index (χ4v) is 1.52. The molecule has 1 rings (SSSR count). The van der Waals surface area contributed by atoms with Gasteiger partial charge in [-0.2, -0.15) is 0 Å². The lowest BCUT2D eigenvalue weighted by Crippen LogP contribution is -2.27. The lowest BCUT2D eigenvalue weighted by atomic mass is 10.1. The van der Waals surface area contributed by atoms with Gasteiger partial charge in [-0.25, -0.2) is 9.18 Å². The summed E-state index contributed by atoms with van der Waals surface area (Å²) in [6.07, 6.45) is -0.890. The summed E-state index contributed by atoms with van der Waals surface area (Å²) >= 11 is 0. The third kappa shape index (κ3) is 3.70. The second-order valence-electron chi connectivity index (χ2n) is 4.10. The Morgan fingerprint density at radius 3 is 2.61 bits per heavy atom. The van der Waals surface area contributed by atoms with Crippen molar-refractivity contribution in [1.82, 2.24) is 0 Å². The zero-order valence-corrected chi connectivity index (χ0v) is 10.4. The molecule has 0 fully saturated rings. The predicted octanol–water partition coefficient (Wildman–Crippen LogP) is 2.51. The number of aliphatic hydroxyl groups excluding tert-OH is 1. The minimum atomic E-state index is -1.11. The molecule has 2 atom stereocenters. The van der Waals surface area contributed by atoms with Crippen LogP contribution in [-0.4, -0.2) is 22.3 Å². The quantitative estimate of drug-likeness (QED) is 0.820. The van der Waals surface area contributed by atoms with Gasteiger partial charge < -0.3 is 14.9 Å². The first-order valence-electron chi connectivity index (χ1n) is 5.82. The molecule has 2 N–H and O–H groups in total. The van der Waals surface area contributed by atoms with Crippen LogP contribution in [0, 0.1) is 5.82 Å². The van der Waals surface area contributed by atoms with Crippen molar-refractivity contribution in [2.24, 2.45) is 0 Å². The number of halogens is 1. The Hall–Kier alpha value is -1.62. The molecule has 1 unspecified atom stereocenters. The first-order valence-corrected chi connectivity index (χ1v) is 5.82. The van der Waals surface area contributed by atoms with Gasteiger partial charge in [0.2, 0.25) is 0 Å². The number of benzene rings is 1. The number of carboxylic acid groups (broad SMARTS) is 1. The Balaban J connectivity index is 2.86. The third-order valence-electron chi connectivity index (χ3n) is 2.53. The molecule has 0 spiro atoms. The van der Waals surface area contributed by atoms with Crippen LogP contribution in [0.4, 0.5) is 4.39 Å². The van der Waals surface area contributed by atoms with Gasteiger partial charge in [0.1, 0.15) is 0 Å². The summed E-state index contributed by atoms with van der Waals surface area (Å²) in [5, 5.41) is 18.2. The van der Waals surface area contributed by atoms with Crippen molar-refractivity contribution >= 4 is 5.97 Å². The van der Waals surface area contributed by atoms with Crippen molar-refractivity contribution in [3.8, 4) is 5.75 Å². The van der Waals surface area contributed by atoms with Crippen LogP contribution in [0.5, 0.6) is 5.75 Å². The van der Waals surface area contributed by atoms with E-state index in [0.29, 0.717) is 18.4 Å². The highest BCUT2D eigenvalue weighted by Gasteiger charge is 2.20. The van der Waals surface area contributed by atoms with Crippen LogP contribution in [0.3, 0.4) is 0 Å². The van der Waals surface area contributed by atoms with Crippen LogP contribution in [0.15, 0.2) is 18.2 Å². The number of hydrogen-bond acceptors (Lipinski definition) is 3. The van der Waals surface area contributed by atoms with Gasteiger partial charge in [0.25, 0.3) is 0 Å². The Morgan fingerprint density at radius 2 is 2.17 bits per heavy atom. The lowest BCUT2D eigenvalue weighted by Gasteiger charge is -2.15. The highest BCUT2D eigenvalue weighted by molar-refractivity contribution is 5.72. The molecule has 0 radical (unpaired) electrons. The molecule has 0 saturated heterocycles. The number of carbonyl (C=O) groups is 1. The highest BCUT2D eigenvalue weighted by Crippen LogP contribution is 2.23. The van der Waals surface area contributed by atoms with E-state index in [0.717, 1.165) is 6.07 Å². The Bertz CT molecular complexity index is 417. The number of ether oxygens (including phenoxy) is 1. The van der Waals surface area contributed by atoms with Gasteiger partial charge >= 0.3 is 5.97 Å². The monoisotopic (exact) mass is 256 g/mol. The molecule has 18 heavy (non-hydrogen) atoms. The van der Waals surface area contributed by atoms with Crippen LogP contribution in [0.1, 0.15) is 38.4 Å². The first-order chi connectivity index (χ1) is 8.45. The molecule has 0 aliphatic carbocycles. The molecule has 0 amide bonds.